The lowest BCUT2D eigenvalue weighted by Gasteiger charge is -2.43. The van der Waals surface area contributed by atoms with Gasteiger partial charge < -0.3 is 14.4 Å². The number of hydrogen-bond acceptors (Lipinski definition) is 4. The zero-order chi connectivity index (χ0) is 9.12. The predicted octanol–water partition coefficient (Wildman–Crippen LogP) is -0.0175. The molecule has 0 aliphatic rings. The molecule has 0 bridgehead atoms. The maximum absolute atomic E-state index is 10.6. The van der Waals surface area contributed by atoms with Crippen LogP contribution < -0.4 is 9.79 Å². The molecule has 0 radical (unpaired) electrons. The van der Waals surface area contributed by atoms with Crippen LogP contribution in [-0.2, 0) is 4.57 Å². The third-order valence-corrected chi connectivity index (χ3v) is 3.68. The number of hydrogen-bond donors (Lipinski definition) is 0. The summed E-state index contributed by atoms with van der Waals surface area (Å²) in [7, 11) is -4.77. The zero-order valence-electron chi connectivity index (χ0n) is 6.53. The van der Waals surface area contributed by atoms with Crippen molar-refractivity contribution in [2.24, 2.45) is 0 Å². The summed E-state index contributed by atoms with van der Waals surface area (Å²) in [6, 6.07) is 1.57. The second-order valence-electron chi connectivity index (χ2n) is 2.35. The van der Waals surface area contributed by atoms with Gasteiger partial charge >= 0.3 is 0 Å². The molecule has 0 atom stereocenters. The van der Waals surface area contributed by atoms with Crippen molar-refractivity contribution >= 4 is 7.60 Å². The molecule has 0 rings (SSSR count). The Morgan fingerprint density at radius 3 is 1.82 bits per heavy atom. The van der Waals surface area contributed by atoms with E-state index in [1.807, 2.05) is 0 Å². The highest BCUT2D eigenvalue weighted by atomic mass is 31.2. The maximum atomic E-state index is 10.6. The molecule has 0 aliphatic carbocycles. The van der Waals surface area contributed by atoms with Crippen molar-refractivity contribution in [2.45, 2.75) is 31.8 Å². The van der Waals surface area contributed by atoms with Crippen LogP contribution in [-0.4, -0.2) is 5.16 Å². The second kappa shape index (κ2) is 3.36. The first-order valence-electron chi connectivity index (χ1n) is 3.37. The first-order chi connectivity index (χ1) is 4.93. The highest BCUT2D eigenvalue weighted by Gasteiger charge is 2.29. The molecular weight excluding hydrogens is 165 g/mol. The SMILES string of the molecule is CCC(C#N)(CC)P(=O)([O-])[O-]. The Balaban J connectivity index is 4.90. The summed E-state index contributed by atoms with van der Waals surface area (Å²) >= 11 is 0. The van der Waals surface area contributed by atoms with Gasteiger partial charge in [0, 0.05) is 0 Å². The summed E-state index contributed by atoms with van der Waals surface area (Å²) in [5, 5.41) is 6.80. The van der Waals surface area contributed by atoms with Crippen molar-refractivity contribution in [2.75, 3.05) is 0 Å². The maximum Gasteiger partial charge on any atom is 0.0840 e. The van der Waals surface area contributed by atoms with Crippen LogP contribution in [0.5, 0.6) is 0 Å². The van der Waals surface area contributed by atoms with Crippen LogP contribution in [0.2, 0.25) is 0 Å². The Hall–Kier alpha value is -0.360. The minimum atomic E-state index is -4.77. The van der Waals surface area contributed by atoms with E-state index in [-0.39, 0.29) is 12.8 Å². The van der Waals surface area contributed by atoms with Crippen LogP contribution in [0.1, 0.15) is 26.7 Å². The van der Waals surface area contributed by atoms with Crippen LogP contribution in [0.25, 0.3) is 0 Å². The highest BCUT2D eigenvalue weighted by molar-refractivity contribution is 7.51. The summed E-state index contributed by atoms with van der Waals surface area (Å²) in [6.07, 6.45) is 0.120. The molecule has 0 unspecified atom stereocenters. The topological polar surface area (TPSA) is 87.0 Å². The van der Waals surface area contributed by atoms with Gasteiger partial charge in [-0.25, -0.2) is 0 Å². The lowest BCUT2D eigenvalue weighted by molar-refractivity contribution is -0.319. The summed E-state index contributed by atoms with van der Waals surface area (Å²) in [6.45, 7) is 3.05. The molecule has 0 aromatic heterocycles. The zero-order valence-corrected chi connectivity index (χ0v) is 7.43. The van der Waals surface area contributed by atoms with E-state index in [1.54, 1.807) is 6.07 Å². The Morgan fingerprint density at radius 2 is 1.82 bits per heavy atom. The smallest absolute Gasteiger partial charge is 0.0840 e. The minimum absolute atomic E-state index is 0.0598. The Labute approximate surface area is 66.0 Å². The van der Waals surface area contributed by atoms with Gasteiger partial charge in [0.15, 0.2) is 0 Å². The molecule has 0 fully saturated rings. The van der Waals surface area contributed by atoms with Gasteiger partial charge in [-0.2, -0.15) is 5.26 Å². The van der Waals surface area contributed by atoms with Crippen LogP contribution in [0.15, 0.2) is 0 Å². The van der Waals surface area contributed by atoms with E-state index in [4.69, 9.17) is 5.26 Å². The molecule has 5 heteroatoms. The fourth-order valence-corrected chi connectivity index (χ4v) is 1.75. The first kappa shape index (κ1) is 10.6. The van der Waals surface area contributed by atoms with E-state index in [9.17, 15) is 14.4 Å². The van der Waals surface area contributed by atoms with Crippen LogP contribution in [0.3, 0.4) is 0 Å². The van der Waals surface area contributed by atoms with E-state index in [0.717, 1.165) is 0 Å². The summed E-state index contributed by atoms with van der Waals surface area (Å²) in [4.78, 5) is 21.2. The van der Waals surface area contributed by atoms with Gasteiger partial charge in [0.05, 0.1) is 11.2 Å². The molecule has 0 aromatic rings. The molecule has 0 saturated heterocycles. The minimum Gasteiger partial charge on any atom is -0.810 e. The molecular formula is C6H10NO3P-2. The van der Waals surface area contributed by atoms with Crippen molar-refractivity contribution in [3.63, 3.8) is 0 Å². The molecule has 64 valence electrons. The lowest BCUT2D eigenvalue weighted by Crippen LogP contribution is -2.36. The molecule has 0 heterocycles. The second-order valence-corrected chi connectivity index (χ2v) is 4.20. The van der Waals surface area contributed by atoms with E-state index < -0.39 is 12.8 Å². The summed E-state index contributed by atoms with van der Waals surface area (Å²) < 4.78 is 10.6. The van der Waals surface area contributed by atoms with Gasteiger partial charge in [0.1, 0.15) is 0 Å². The Bertz CT molecular complexity index is 210. The standard InChI is InChI=1S/C6H12NO3P/c1-3-6(4-2,5-7)11(8,9)10/h3-4H2,1-2H3,(H2,8,9,10)/p-2. The fraction of sp³-hybridized carbons (Fsp3) is 0.833. The average Bonchev–Trinajstić information content (AvgIpc) is 1.90. The molecule has 0 aromatic carbocycles. The van der Waals surface area contributed by atoms with Crippen molar-refractivity contribution < 1.29 is 14.4 Å². The molecule has 4 nitrogen and oxygen atoms in total. The molecule has 0 saturated carbocycles. The highest BCUT2D eigenvalue weighted by Crippen LogP contribution is 2.46. The Kier molecular flexibility index (Phi) is 3.25. The van der Waals surface area contributed by atoms with Gasteiger partial charge in [-0.3, -0.25) is 0 Å². The van der Waals surface area contributed by atoms with Gasteiger partial charge in [0.2, 0.25) is 0 Å². The van der Waals surface area contributed by atoms with E-state index in [2.05, 4.69) is 0 Å². The third kappa shape index (κ3) is 1.81. The molecule has 0 aliphatic heterocycles. The largest absolute Gasteiger partial charge is 0.810 e. The van der Waals surface area contributed by atoms with Crippen molar-refractivity contribution in [1.82, 2.24) is 0 Å². The average molecular weight is 175 g/mol. The predicted molar refractivity (Wildman–Crippen MR) is 36.5 cm³/mol. The van der Waals surface area contributed by atoms with E-state index in [1.165, 1.54) is 13.8 Å². The van der Waals surface area contributed by atoms with Gasteiger partial charge in [-0.15, -0.1) is 0 Å². The van der Waals surface area contributed by atoms with Crippen molar-refractivity contribution in [1.29, 1.82) is 5.26 Å². The molecule has 0 spiro atoms. The monoisotopic (exact) mass is 175 g/mol. The summed E-state index contributed by atoms with van der Waals surface area (Å²) in [5.74, 6) is 0. The molecule has 0 amide bonds. The Morgan fingerprint density at radius 1 is 1.45 bits per heavy atom. The van der Waals surface area contributed by atoms with Gasteiger partial charge in [-0.1, -0.05) is 13.8 Å². The molecule has 0 N–H and O–H groups in total. The van der Waals surface area contributed by atoms with Crippen LogP contribution in [0, 0.1) is 11.3 Å². The van der Waals surface area contributed by atoms with Gasteiger partial charge in [-0.05, 0) is 20.4 Å². The van der Waals surface area contributed by atoms with Crippen LogP contribution in [0.4, 0.5) is 0 Å². The van der Waals surface area contributed by atoms with Crippen LogP contribution >= 0.6 is 7.60 Å². The third-order valence-electron chi connectivity index (χ3n) is 1.90. The van der Waals surface area contributed by atoms with Crippen molar-refractivity contribution in [3.05, 3.63) is 0 Å². The first-order valence-corrected chi connectivity index (χ1v) is 4.91. The van der Waals surface area contributed by atoms with E-state index >= 15 is 0 Å². The summed E-state index contributed by atoms with van der Waals surface area (Å²) in [5.41, 5.74) is 0. The normalized spacial score (nSPS) is 12.6. The number of rotatable bonds is 3. The fourth-order valence-electron chi connectivity index (χ4n) is 0.857. The van der Waals surface area contributed by atoms with E-state index in [0.29, 0.717) is 0 Å². The van der Waals surface area contributed by atoms with Crippen molar-refractivity contribution in [3.8, 4) is 6.07 Å². The number of nitrogens with zero attached hydrogens (tertiary/aromatic N) is 1. The lowest BCUT2D eigenvalue weighted by atomic mass is 10.1. The quantitative estimate of drug-likeness (QED) is 0.564. The molecule has 11 heavy (non-hydrogen) atoms. The number of nitriles is 1. The van der Waals surface area contributed by atoms with Gasteiger partial charge in [0.25, 0.3) is 0 Å².